The predicted molar refractivity (Wildman–Crippen MR) is 91.5 cm³/mol. The number of nitrogens with zero attached hydrogens (tertiary/aromatic N) is 3. The number of aromatic nitrogens is 4. The molecule has 0 amide bonds. The van der Waals surface area contributed by atoms with Crippen LogP contribution < -0.4 is 5.32 Å². The van der Waals surface area contributed by atoms with Gasteiger partial charge < -0.3 is 5.32 Å². The van der Waals surface area contributed by atoms with E-state index in [1.165, 1.54) is 6.07 Å². The van der Waals surface area contributed by atoms with Crippen molar-refractivity contribution in [1.82, 2.24) is 20.2 Å². The molecule has 0 saturated carbocycles. The third-order valence-electron chi connectivity index (χ3n) is 3.79. The Labute approximate surface area is 137 Å². The fourth-order valence-electron chi connectivity index (χ4n) is 2.50. The summed E-state index contributed by atoms with van der Waals surface area (Å²) >= 11 is 0. The summed E-state index contributed by atoms with van der Waals surface area (Å²) in [5, 5.41) is 11.2. The number of anilines is 2. The van der Waals surface area contributed by atoms with Gasteiger partial charge in [-0.05, 0) is 37.3 Å². The lowest BCUT2D eigenvalue weighted by atomic mass is 10.2. The van der Waals surface area contributed by atoms with Gasteiger partial charge in [-0.3, -0.25) is 5.10 Å². The number of halogens is 1. The molecule has 0 saturated heterocycles. The summed E-state index contributed by atoms with van der Waals surface area (Å²) < 4.78 is 14.0. The number of H-pyrrole nitrogens is 1. The molecule has 0 aliphatic heterocycles. The first-order valence-electron chi connectivity index (χ1n) is 7.49. The van der Waals surface area contributed by atoms with E-state index >= 15 is 0 Å². The van der Waals surface area contributed by atoms with Crippen LogP contribution in [0.5, 0.6) is 0 Å². The zero-order valence-corrected chi connectivity index (χ0v) is 12.9. The second-order valence-corrected chi connectivity index (χ2v) is 5.50. The zero-order valence-electron chi connectivity index (χ0n) is 12.9. The zero-order chi connectivity index (χ0) is 16.5. The first-order chi connectivity index (χ1) is 11.7. The predicted octanol–water partition coefficient (Wildman–Crippen LogP) is 4.21. The van der Waals surface area contributed by atoms with Crippen LogP contribution in [-0.4, -0.2) is 20.2 Å². The Morgan fingerprint density at radius 1 is 1.08 bits per heavy atom. The van der Waals surface area contributed by atoms with Gasteiger partial charge >= 0.3 is 0 Å². The number of hydrogen-bond acceptors (Lipinski definition) is 4. The van der Waals surface area contributed by atoms with Crippen LogP contribution in [-0.2, 0) is 0 Å². The second-order valence-electron chi connectivity index (χ2n) is 5.50. The van der Waals surface area contributed by atoms with E-state index in [2.05, 4.69) is 25.5 Å². The third-order valence-corrected chi connectivity index (χ3v) is 3.79. The van der Waals surface area contributed by atoms with Crippen molar-refractivity contribution in [2.24, 2.45) is 0 Å². The van der Waals surface area contributed by atoms with Crippen molar-refractivity contribution in [1.29, 1.82) is 0 Å². The van der Waals surface area contributed by atoms with Crippen LogP contribution >= 0.6 is 0 Å². The minimum atomic E-state index is -0.341. The Morgan fingerprint density at radius 3 is 2.83 bits per heavy atom. The molecule has 4 aromatic rings. The molecule has 2 aromatic heterocycles. The van der Waals surface area contributed by atoms with Gasteiger partial charge in [0.25, 0.3) is 0 Å². The molecule has 0 unspecified atom stereocenters. The van der Waals surface area contributed by atoms with E-state index in [-0.39, 0.29) is 5.82 Å². The van der Waals surface area contributed by atoms with Crippen molar-refractivity contribution in [2.75, 3.05) is 5.32 Å². The van der Waals surface area contributed by atoms with Crippen LogP contribution in [0.15, 0.2) is 54.9 Å². The van der Waals surface area contributed by atoms with E-state index in [9.17, 15) is 4.39 Å². The van der Waals surface area contributed by atoms with E-state index in [1.807, 2.05) is 25.1 Å². The monoisotopic (exact) mass is 319 g/mol. The third kappa shape index (κ3) is 2.58. The molecule has 2 N–H and O–H groups in total. The van der Waals surface area contributed by atoms with Gasteiger partial charge in [0.2, 0.25) is 0 Å². The maximum atomic E-state index is 14.0. The van der Waals surface area contributed by atoms with E-state index in [1.54, 1.807) is 30.6 Å². The molecule has 0 atom stereocenters. The summed E-state index contributed by atoms with van der Waals surface area (Å²) in [5.41, 5.74) is 3.10. The van der Waals surface area contributed by atoms with Crippen LogP contribution in [0.1, 0.15) is 5.56 Å². The normalized spacial score (nSPS) is 10.9. The minimum absolute atomic E-state index is 0.341. The second kappa shape index (κ2) is 5.73. The van der Waals surface area contributed by atoms with Crippen molar-refractivity contribution in [3.05, 3.63) is 66.2 Å². The highest BCUT2D eigenvalue weighted by Gasteiger charge is 2.10. The molecule has 2 heterocycles. The lowest BCUT2D eigenvalue weighted by Crippen LogP contribution is -2.00. The Kier molecular flexibility index (Phi) is 3.42. The number of aryl methyl sites for hydroxylation is 1. The highest BCUT2D eigenvalue weighted by atomic mass is 19.1. The standard InChI is InChI=1S/C18H14FN5/c1-11-9-20-18(14-4-2-3-5-15(14)19)23-17(11)22-13-6-7-16-12(8-13)10-21-24-16/h2-10H,1H3,(H,21,24)(H,20,22,23). The molecule has 0 radical (unpaired) electrons. The number of hydrogen-bond donors (Lipinski definition) is 2. The van der Waals surface area contributed by atoms with Gasteiger partial charge in [0, 0.05) is 22.8 Å². The van der Waals surface area contributed by atoms with Crippen LogP contribution in [0.2, 0.25) is 0 Å². The lowest BCUT2D eigenvalue weighted by molar-refractivity contribution is 0.630. The van der Waals surface area contributed by atoms with Crippen molar-refractivity contribution >= 4 is 22.4 Å². The summed E-state index contributed by atoms with van der Waals surface area (Å²) in [4.78, 5) is 8.73. The molecule has 2 aromatic carbocycles. The van der Waals surface area contributed by atoms with Gasteiger partial charge in [0.05, 0.1) is 17.3 Å². The molecule has 24 heavy (non-hydrogen) atoms. The van der Waals surface area contributed by atoms with Gasteiger partial charge in [-0.25, -0.2) is 14.4 Å². The van der Waals surface area contributed by atoms with Crippen molar-refractivity contribution < 1.29 is 4.39 Å². The van der Waals surface area contributed by atoms with Crippen LogP contribution in [0.4, 0.5) is 15.9 Å². The first-order valence-corrected chi connectivity index (χ1v) is 7.49. The highest BCUT2D eigenvalue weighted by Crippen LogP contribution is 2.25. The van der Waals surface area contributed by atoms with E-state index in [0.29, 0.717) is 17.2 Å². The summed E-state index contributed by atoms with van der Waals surface area (Å²) in [7, 11) is 0. The average molecular weight is 319 g/mol. The molecule has 0 aliphatic rings. The smallest absolute Gasteiger partial charge is 0.164 e. The van der Waals surface area contributed by atoms with E-state index < -0.39 is 0 Å². The Hall–Kier alpha value is -3.28. The van der Waals surface area contributed by atoms with E-state index in [4.69, 9.17) is 0 Å². The largest absolute Gasteiger partial charge is 0.340 e. The summed E-state index contributed by atoms with van der Waals surface area (Å²) in [6, 6.07) is 12.3. The van der Waals surface area contributed by atoms with Crippen molar-refractivity contribution in [3.63, 3.8) is 0 Å². The molecular formula is C18H14FN5. The average Bonchev–Trinajstić information content (AvgIpc) is 3.05. The molecule has 0 aliphatic carbocycles. The first kappa shape index (κ1) is 14.3. The minimum Gasteiger partial charge on any atom is -0.340 e. The van der Waals surface area contributed by atoms with E-state index in [0.717, 1.165) is 22.2 Å². The number of benzene rings is 2. The van der Waals surface area contributed by atoms with Gasteiger partial charge in [0.1, 0.15) is 11.6 Å². The summed E-state index contributed by atoms with van der Waals surface area (Å²) in [5.74, 6) is 0.656. The number of fused-ring (bicyclic) bond motifs is 1. The van der Waals surface area contributed by atoms with Gasteiger partial charge in [0.15, 0.2) is 5.82 Å². The fraction of sp³-hybridized carbons (Fsp3) is 0.0556. The summed E-state index contributed by atoms with van der Waals surface area (Å²) in [6.45, 7) is 1.91. The van der Waals surface area contributed by atoms with Gasteiger partial charge in [-0.1, -0.05) is 12.1 Å². The van der Waals surface area contributed by atoms with Crippen LogP contribution in [0.25, 0.3) is 22.3 Å². The quantitative estimate of drug-likeness (QED) is 0.593. The van der Waals surface area contributed by atoms with Crippen LogP contribution in [0, 0.1) is 12.7 Å². The molecule has 5 nitrogen and oxygen atoms in total. The van der Waals surface area contributed by atoms with Gasteiger partial charge in [-0.15, -0.1) is 0 Å². The number of rotatable bonds is 3. The molecule has 0 bridgehead atoms. The maximum absolute atomic E-state index is 14.0. The topological polar surface area (TPSA) is 66.5 Å². The molecule has 4 rings (SSSR count). The van der Waals surface area contributed by atoms with Crippen molar-refractivity contribution in [3.8, 4) is 11.4 Å². The lowest BCUT2D eigenvalue weighted by Gasteiger charge is -2.10. The molecule has 6 heteroatoms. The van der Waals surface area contributed by atoms with Gasteiger partial charge in [-0.2, -0.15) is 5.10 Å². The number of nitrogens with one attached hydrogen (secondary N) is 2. The van der Waals surface area contributed by atoms with Crippen LogP contribution in [0.3, 0.4) is 0 Å². The molecule has 0 spiro atoms. The molecule has 0 fully saturated rings. The highest BCUT2D eigenvalue weighted by molar-refractivity contribution is 5.82. The Bertz CT molecular complexity index is 1020. The Balaban J connectivity index is 1.72. The summed E-state index contributed by atoms with van der Waals surface area (Å²) in [6.07, 6.45) is 3.45. The Morgan fingerprint density at radius 2 is 1.96 bits per heavy atom. The molecular weight excluding hydrogens is 305 g/mol. The number of aromatic amines is 1. The SMILES string of the molecule is Cc1cnc(-c2ccccc2F)nc1Nc1ccc2[nH]ncc2c1. The fourth-order valence-corrected chi connectivity index (χ4v) is 2.50. The van der Waals surface area contributed by atoms with Crippen molar-refractivity contribution in [2.45, 2.75) is 6.92 Å². The maximum Gasteiger partial charge on any atom is 0.164 e. The molecule has 118 valence electrons.